The quantitative estimate of drug-likeness (QED) is 0.530. The van der Waals surface area contributed by atoms with Crippen LogP contribution in [0.3, 0.4) is 0 Å². The van der Waals surface area contributed by atoms with Crippen LogP contribution in [0.2, 0.25) is 13.1 Å². The van der Waals surface area contributed by atoms with Gasteiger partial charge < -0.3 is 0 Å². The summed E-state index contributed by atoms with van der Waals surface area (Å²) in [6.07, 6.45) is 5.50. The summed E-state index contributed by atoms with van der Waals surface area (Å²) in [5, 5.41) is 0. The highest BCUT2D eigenvalue weighted by molar-refractivity contribution is 6.31. The van der Waals surface area contributed by atoms with Crippen LogP contribution in [0.1, 0.15) is 11.1 Å². The molecule has 0 aliphatic heterocycles. The molecule has 12 heavy (non-hydrogen) atoms. The summed E-state index contributed by atoms with van der Waals surface area (Å²) in [4.78, 5) is 0. The van der Waals surface area contributed by atoms with Gasteiger partial charge in [-0.15, -0.1) is 0 Å². The van der Waals surface area contributed by atoms with Crippen LogP contribution in [0.25, 0.3) is 6.08 Å². The summed E-state index contributed by atoms with van der Waals surface area (Å²) in [6, 6.07) is 8.49. The Hall–Kier alpha value is -0.823. The zero-order chi connectivity index (χ0) is 8.81. The molecule has 0 spiro atoms. The van der Waals surface area contributed by atoms with Crippen LogP contribution in [-0.4, -0.2) is 9.52 Å². The standard InChI is InChI=1S/C9H8.C2H6Si/c1-2-5-9-7-3-6-8(9)4-1;1-3-2/h1-6H,7H2;1-2H3. The van der Waals surface area contributed by atoms with Crippen molar-refractivity contribution in [2.24, 2.45) is 0 Å². The number of hydrogen-bond donors (Lipinski definition) is 0. The van der Waals surface area contributed by atoms with Crippen LogP contribution in [0.5, 0.6) is 0 Å². The number of allylic oxidation sites excluding steroid dienone is 1. The van der Waals surface area contributed by atoms with Crippen LogP contribution in [0.4, 0.5) is 0 Å². The lowest BCUT2D eigenvalue weighted by molar-refractivity contribution is 1.31. The molecule has 1 aliphatic carbocycles. The summed E-state index contributed by atoms with van der Waals surface area (Å²) in [5.41, 5.74) is 2.84. The third-order valence-corrected chi connectivity index (χ3v) is 1.69. The molecule has 62 valence electrons. The van der Waals surface area contributed by atoms with Gasteiger partial charge >= 0.3 is 0 Å². The molecular weight excluding hydrogens is 160 g/mol. The monoisotopic (exact) mass is 174 g/mol. The maximum absolute atomic E-state index is 2.20. The highest BCUT2D eigenvalue weighted by Crippen LogP contribution is 2.17. The molecule has 0 fully saturated rings. The molecule has 2 rings (SSSR count). The molecule has 0 saturated heterocycles. The van der Waals surface area contributed by atoms with Gasteiger partial charge in [-0.05, 0) is 17.5 Å². The second-order valence-corrected chi connectivity index (χ2v) is 3.81. The second kappa shape index (κ2) is 4.94. The van der Waals surface area contributed by atoms with Gasteiger partial charge in [-0.3, -0.25) is 0 Å². The minimum Gasteiger partial charge on any atom is -0.0795 e. The van der Waals surface area contributed by atoms with Crippen molar-refractivity contribution in [3.05, 3.63) is 41.5 Å². The van der Waals surface area contributed by atoms with Crippen LogP contribution >= 0.6 is 0 Å². The SMILES string of the molecule is C1=Cc2ccccc2C1.C[Si]C. The fourth-order valence-corrected chi connectivity index (χ4v) is 1.20. The first-order valence-electron chi connectivity index (χ1n) is 4.21. The number of benzene rings is 1. The van der Waals surface area contributed by atoms with E-state index in [1.54, 1.807) is 0 Å². The van der Waals surface area contributed by atoms with E-state index in [0.717, 1.165) is 15.9 Å². The van der Waals surface area contributed by atoms with E-state index in [0.29, 0.717) is 0 Å². The molecule has 0 nitrogen and oxygen atoms in total. The molecule has 0 bridgehead atoms. The third-order valence-electron chi connectivity index (χ3n) is 1.69. The molecule has 0 atom stereocenters. The molecule has 0 aromatic heterocycles. The van der Waals surface area contributed by atoms with Crippen molar-refractivity contribution in [3.8, 4) is 0 Å². The Morgan fingerprint density at radius 3 is 2.50 bits per heavy atom. The molecule has 0 N–H and O–H groups in total. The zero-order valence-electron chi connectivity index (χ0n) is 7.67. The van der Waals surface area contributed by atoms with E-state index in [2.05, 4.69) is 49.5 Å². The second-order valence-electron chi connectivity index (χ2n) is 2.81. The summed E-state index contributed by atoms with van der Waals surface area (Å²) in [6.45, 7) is 4.31. The van der Waals surface area contributed by atoms with Crippen LogP contribution in [-0.2, 0) is 6.42 Å². The van der Waals surface area contributed by atoms with Gasteiger partial charge in [0.05, 0.1) is 0 Å². The van der Waals surface area contributed by atoms with Gasteiger partial charge in [0.1, 0.15) is 0 Å². The predicted molar refractivity (Wildman–Crippen MR) is 56.7 cm³/mol. The maximum Gasteiger partial charge on any atom is 0.0307 e. The zero-order valence-corrected chi connectivity index (χ0v) is 8.67. The van der Waals surface area contributed by atoms with Gasteiger partial charge in [0.25, 0.3) is 0 Å². The fraction of sp³-hybridized carbons (Fsp3) is 0.273. The van der Waals surface area contributed by atoms with Gasteiger partial charge in [-0.25, -0.2) is 0 Å². The van der Waals surface area contributed by atoms with E-state index in [4.69, 9.17) is 0 Å². The molecule has 0 amide bonds. The molecule has 0 saturated carbocycles. The lowest BCUT2D eigenvalue weighted by atomic mass is 10.1. The molecule has 0 unspecified atom stereocenters. The molecular formula is C11H14Si. The van der Waals surface area contributed by atoms with Gasteiger partial charge in [0.15, 0.2) is 0 Å². The topological polar surface area (TPSA) is 0 Å². The van der Waals surface area contributed by atoms with E-state index in [1.807, 2.05) is 0 Å². The average molecular weight is 174 g/mol. The van der Waals surface area contributed by atoms with E-state index in [9.17, 15) is 0 Å². The Kier molecular flexibility index (Phi) is 3.81. The summed E-state index contributed by atoms with van der Waals surface area (Å²) < 4.78 is 0. The smallest absolute Gasteiger partial charge is 0.0307 e. The highest BCUT2D eigenvalue weighted by Gasteiger charge is 2.00. The first-order chi connectivity index (χ1) is 5.88. The average Bonchev–Trinajstić information content (AvgIpc) is 2.52. The number of fused-ring (bicyclic) bond motifs is 1. The summed E-state index contributed by atoms with van der Waals surface area (Å²) in [7, 11) is 1.08. The molecule has 1 heteroatoms. The first kappa shape index (κ1) is 9.27. The van der Waals surface area contributed by atoms with Gasteiger partial charge in [-0.2, -0.15) is 0 Å². The van der Waals surface area contributed by atoms with E-state index >= 15 is 0 Å². The van der Waals surface area contributed by atoms with Gasteiger partial charge in [0.2, 0.25) is 0 Å². The van der Waals surface area contributed by atoms with Crippen molar-refractivity contribution in [2.45, 2.75) is 19.5 Å². The minimum absolute atomic E-state index is 1.08. The fourth-order valence-electron chi connectivity index (χ4n) is 1.20. The van der Waals surface area contributed by atoms with Crippen molar-refractivity contribution in [1.29, 1.82) is 0 Å². The number of hydrogen-bond acceptors (Lipinski definition) is 0. The number of rotatable bonds is 0. The third kappa shape index (κ3) is 2.34. The van der Waals surface area contributed by atoms with Crippen molar-refractivity contribution < 1.29 is 0 Å². The molecule has 1 aromatic carbocycles. The first-order valence-corrected chi connectivity index (χ1v) is 6.21. The van der Waals surface area contributed by atoms with Crippen LogP contribution in [0, 0.1) is 0 Å². The van der Waals surface area contributed by atoms with Crippen LogP contribution < -0.4 is 0 Å². The van der Waals surface area contributed by atoms with E-state index in [-0.39, 0.29) is 0 Å². The Morgan fingerprint density at radius 2 is 1.83 bits per heavy atom. The van der Waals surface area contributed by atoms with Gasteiger partial charge in [0, 0.05) is 9.52 Å². The van der Waals surface area contributed by atoms with Crippen molar-refractivity contribution in [3.63, 3.8) is 0 Å². The molecule has 1 aliphatic rings. The van der Waals surface area contributed by atoms with Crippen molar-refractivity contribution in [2.75, 3.05) is 0 Å². The Morgan fingerprint density at radius 1 is 1.17 bits per heavy atom. The predicted octanol–water partition coefficient (Wildman–Crippen LogP) is 3.04. The summed E-state index contributed by atoms with van der Waals surface area (Å²) >= 11 is 0. The minimum atomic E-state index is 1.08. The van der Waals surface area contributed by atoms with E-state index < -0.39 is 0 Å². The van der Waals surface area contributed by atoms with Gasteiger partial charge in [-0.1, -0.05) is 49.5 Å². The summed E-state index contributed by atoms with van der Waals surface area (Å²) in [5.74, 6) is 0. The normalized spacial score (nSPS) is 11.8. The maximum atomic E-state index is 2.20. The van der Waals surface area contributed by atoms with Crippen molar-refractivity contribution in [1.82, 2.24) is 0 Å². The van der Waals surface area contributed by atoms with Crippen molar-refractivity contribution >= 4 is 15.6 Å². The largest absolute Gasteiger partial charge is 0.0795 e. The Bertz CT molecular complexity index is 263. The molecule has 1 aromatic rings. The Balaban J connectivity index is 0.000000213. The molecule has 0 heterocycles. The highest BCUT2D eigenvalue weighted by atomic mass is 28.2. The lowest BCUT2D eigenvalue weighted by Crippen LogP contribution is -1.76. The Labute approximate surface area is 77.1 Å². The molecule has 2 radical (unpaired) electrons. The van der Waals surface area contributed by atoms with E-state index in [1.165, 1.54) is 11.1 Å². The lowest BCUT2D eigenvalue weighted by Gasteiger charge is -1.93. The van der Waals surface area contributed by atoms with Crippen LogP contribution in [0.15, 0.2) is 30.3 Å².